The minimum Gasteiger partial charge on any atom is -0.459 e. The molecule has 25 heavy (non-hydrogen) atoms. The predicted octanol–water partition coefficient (Wildman–Crippen LogP) is 1.46. The number of hydrogen-bond acceptors (Lipinski definition) is 6. The van der Waals surface area contributed by atoms with Crippen molar-refractivity contribution in [1.29, 1.82) is 0 Å². The molecular formula is C19H28N4O2. The Bertz CT molecular complexity index is 648. The number of nitrogens with one attached hydrogen (secondary N) is 2. The molecule has 2 saturated heterocycles. The lowest BCUT2D eigenvalue weighted by atomic mass is 9.98. The highest BCUT2D eigenvalue weighted by Crippen LogP contribution is 2.30. The van der Waals surface area contributed by atoms with Gasteiger partial charge >= 0.3 is 0 Å². The van der Waals surface area contributed by atoms with E-state index in [-0.39, 0.29) is 6.04 Å². The van der Waals surface area contributed by atoms with Gasteiger partial charge in [0.1, 0.15) is 11.3 Å². The van der Waals surface area contributed by atoms with Crippen LogP contribution in [-0.2, 0) is 4.74 Å². The minimum absolute atomic E-state index is 0.235. The summed E-state index contributed by atoms with van der Waals surface area (Å²) in [7, 11) is 1.77. The molecule has 0 saturated carbocycles. The number of hydrogen-bond donors (Lipinski definition) is 2. The molecule has 2 atom stereocenters. The summed E-state index contributed by atoms with van der Waals surface area (Å²) in [6.07, 6.45) is 0. The van der Waals surface area contributed by atoms with E-state index >= 15 is 0 Å². The average molecular weight is 344 g/mol. The topological polar surface area (TPSA) is 52.9 Å². The SMILES string of the molecule is COCCN1CCN(CC2CNNC2c2cc3ccccc3o2)CC1. The number of ether oxygens (including phenoxy) is 1. The van der Waals surface area contributed by atoms with E-state index in [1.807, 2.05) is 12.1 Å². The fourth-order valence-corrected chi connectivity index (χ4v) is 3.91. The molecule has 0 amide bonds. The first-order valence-corrected chi connectivity index (χ1v) is 9.24. The van der Waals surface area contributed by atoms with Crippen molar-refractivity contribution in [2.75, 3.05) is 59.5 Å². The van der Waals surface area contributed by atoms with Gasteiger partial charge in [-0.15, -0.1) is 0 Å². The normalized spacial score (nSPS) is 25.8. The van der Waals surface area contributed by atoms with E-state index in [4.69, 9.17) is 9.15 Å². The van der Waals surface area contributed by atoms with E-state index in [0.29, 0.717) is 5.92 Å². The molecule has 1 aromatic carbocycles. The van der Waals surface area contributed by atoms with Crippen LogP contribution in [0.4, 0.5) is 0 Å². The lowest BCUT2D eigenvalue weighted by Gasteiger charge is -2.36. The summed E-state index contributed by atoms with van der Waals surface area (Å²) in [6.45, 7) is 8.47. The number of nitrogens with zero attached hydrogens (tertiary/aromatic N) is 2. The van der Waals surface area contributed by atoms with Crippen molar-refractivity contribution in [3.8, 4) is 0 Å². The van der Waals surface area contributed by atoms with E-state index in [0.717, 1.165) is 63.8 Å². The summed E-state index contributed by atoms with van der Waals surface area (Å²) in [6, 6.07) is 10.6. The van der Waals surface area contributed by atoms with Gasteiger partial charge in [0.25, 0.3) is 0 Å². The molecule has 0 aliphatic carbocycles. The molecule has 2 aromatic rings. The molecule has 2 N–H and O–H groups in total. The summed E-state index contributed by atoms with van der Waals surface area (Å²) in [4.78, 5) is 5.07. The summed E-state index contributed by atoms with van der Waals surface area (Å²) >= 11 is 0. The van der Waals surface area contributed by atoms with Crippen molar-refractivity contribution in [3.63, 3.8) is 0 Å². The van der Waals surface area contributed by atoms with Gasteiger partial charge in [-0.05, 0) is 12.1 Å². The van der Waals surface area contributed by atoms with Crippen molar-refractivity contribution in [2.45, 2.75) is 6.04 Å². The van der Waals surface area contributed by atoms with Crippen LogP contribution in [-0.4, -0.2) is 69.3 Å². The lowest BCUT2D eigenvalue weighted by molar-refractivity contribution is 0.0879. The molecule has 0 radical (unpaired) electrons. The predicted molar refractivity (Wildman–Crippen MR) is 98.3 cm³/mol. The maximum absolute atomic E-state index is 6.09. The Hall–Kier alpha value is -1.44. The Balaban J connectivity index is 1.36. The Labute approximate surface area is 149 Å². The van der Waals surface area contributed by atoms with Crippen LogP contribution in [0.3, 0.4) is 0 Å². The average Bonchev–Trinajstić information content (AvgIpc) is 3.27. The highest BCUT2D eigenvalue weighted by atomic mass is 16.5. The van der Waals surface area contributed by atoms with Gasteiger partial charge < -0.3 is 14.1 Å². The van der Waals surface area contributed by atoms with Crippen LogP contribution in [0.25, 0.3) is 11.0 Å². The Morgan fingerprint density at radius 1 is 1.16 bits per heavy atom. The van der Waals surface area contributed by atoms with Gasteiger partial charge in [-0.25, -0.2) is 5.43 Å². The van der Waals surface area contributed by atoms with Gasteiger partial charge in [0.05, 0.1) is 12.6 Å². The molecule has 6 nitrogen and oxygen atoms in total. The van der Waals surface area contributed by atoms with Crippen molar-refractivity contribution >= 4 is 11.0 Å². The van der Waals surface area contributed by atoms with Crippen molar-refractivity contribution in [1.82, 2.24) is 20.7 Å². The van der Waals surface area contributed by atoms with Crippen LogP contribution >= 0.6 is 0 Å². The molecule has 0 spiro atoms. The molecule has 2 aliphatic heterocycles. The van der Waals surface area contributed by atoms with Gasteiger partial charge in [0.15, 0.2) is 0 Å². The van der Waals surface area contributed by atoms with Crippen LogP contribution in [0.15, 0.2) is 34.7 Å². The van der Waals surface area contributed by atoms with E-state index in [1.54, 1.807) is 7.11 Å². The van der Waals surface area contributed by atoms with Gasteiger partial charge in [0, 0.05) is 64.2 Å². The molecule has 3 heterocycles. The van der Waals surface area contributed by atoms with Gasteiger partial charge in [-0.2, -0.15) is 0 Å². The molecule has 4 rings (SSSR count). The largest absolute Gasteiger partial charge is 0.459 e. The molecule has 2 fully saturated rings. The van der Waals surface area contributed by atoms with Crippen LogP contribution in [0.1, 0.15) is 11.8 Å². The molecule has 0 bridgehead atoms. The maximum atomic E-state index is 6.09. The standard InChI is InChI=1S/C19H28N4O2/c1-24-11-10-22-6-8-23(9-7-22)14-16-13-20-21-19(16)18-12-15-4-2-3-5-17(15)25-18/h2-5,12,16,19-21H,6-11,13-14H2,1H3. The second kappa shape index (κ2) is 7.85. The van der Waals surface area contributed by atoms with Crippen LogP contribution in [0, 0.1) is 5.92 Å². The third-order valence-electron chi connectivity index (χ3n) is 5.41. The highest BCUT2D eigenvalue weighted by molar-refractivity contribution is 5.77. The second-order valence-corrected chi connectivity index (χ2v) is 7.08. The minimum atomic E-state index is 0.235. The Morgan fingerprint density at radius 3 is 2.76 bits per heavy atom. The zero-order chi connectivity index (χ0) is 17.1. The van der Waals surface area contributed by atoms with E-state index in [9.17, 15) is 0 Å². The van der Waals surface area contributed by atoms with Crippen LogP contribution in [0.5, 0.6) is 0 Å². The summed E-state index contributed by atoms with van der Waals surface area (Å²) < 4.78 is 11.3. The Morgan fingerprint density at radius 2 is 1.96 bits per heavy atom. The molecule has 2 unspecified atom stereocenters. The van der Waals surface area contributed by atoms with E-state index < -0.39 is 0 Å². The van der Waals surface area contributed by atoms with Crippen LogP contribution in [0.2, 0.25) is 0 Å². The number of fused-ring (bicyclic) bond motifs is 1. The van der Waals surface area contributed by atoms with E-state index in [1.165, 1.54) is 5.39 Å². The smallest absolute Gasteiger partial charge is 0.134 e. The van der Waals surface area contributed by atoms with Crippen molar-refractivity contribution in [3.05, 3.63) is 36.1 Å². The number of furan rings is 1. The highest BCUT2D eigenvalue weighted by Gasteiger charge is 2.33. The Kier molecular flexibility index (Phi) is 5.33. The third kappa shape index (κ3) is 3.88. The van der Waals surface area contributed by atoms with Crippen molar-refractivity contribution in [2.24, 2.45) is 5.92 Å². The number of piperazine rings is 1. The first kappa shape index (κ1) is 17.0. The number of benzene rings is 1. The number of hydrazine groups is 1. The first-order valence-electron chi connectivity index (χ1n) is 9.24. The zero-order valence-electron chi connectivity index (χ0n) is 14.9. The summed E-state index contributed by atoms with van der Waals surface area (Å²) in [5.74, 6) is 1.56. The number of rotatable bonds is 6. The van der Waals surface area contributed by atoms with Gasteiger partial charge in [-0.3, -0.25) is 10.3 Å². The quantitative estimate of drug-likeness (QED) is 0.828. The fraction of sp³-hybridized carbons (Fsp3) is 0.579. The molecule has 1 aromatic heterocycles. The van der Waals surface area contributed by atoms with E-state index in [2.05, 4.69) is 38.9 Å². The lowest BCUT2D eigenvalue weighted by Crippen LogP contribution is -2.49. The van der Waals surface area contributed by atoms with Crippen molar-refractivity contribution < 1.29 is 9.15 Å². The van der Waals surface area contributed by atoms with Gasteiger partial charge in [0.2, 0.25) is 0 Å². The third-order valence-corrected chi connectivity index (χ3v) is 5.41. The summed E-state index contributed by atoms with van der Waals surface area (Å²) in [5, 5.41) is 1.18. The first-order chi connectivity index (χ1) is 12.3. The van der Waals surface area contributed by atoms with Crippen LogP contribution < -0.4 is 10.9 Å². The molecule has 136 valence electrons. The summed E-state index contributed by atoms with van der Waals surface area (Å²) in [5.41, 5.74) is 7.71. The zero-order valence-corrected chi connectivity index (χ0v) is 14.9. The number of para-hydroxylation sites is 1. The second-order valence-electron chi connectivity index (χ2n) is 7.08. The monoisotopic (exact) mass is 344 g/mol. The molecular weight excluding hydrogens is 316 g/mol. The molecule has 2 aliphatic rings. The fourth-order valence-electron chi connectivity index (χ4n) is 3.91. The number of methoxy groups -OCH3 is 1. The molecule has 6 heteroatoms. The maximum Gasteiger partial charge on any atom is 0.134 e. The van der Waals surface area contributed by atoms with Gasteiger partial charge in [-0.1, -0.05) is 18.2 Å².